The second-order valence-corrected chi connectivity index (χ2v) is 5.96. The van der Waals surface area contributed by atoms with Gasteiger partial charge in [0.2, 0.25) is 0 Å². The lowest BCUT2D eigenvalue weighted by molar-refractivity contribution is -0.140. The van der Waals surface area contributed by atoms with Crippen molar-refractivity contribution in [2.24, 2.45) is 0 Å². The van der Waals surface area contributed by atoms with Crippen molar-refractivity contribution in [2.45, 2.75) is 33.6 Å². The third kappa shape index (κ3) is 4.83. The Kier molecular flexibility index (Phi) is 5.99. The molecule has 0 aliphatic heterocycles. The number of carbonyl (C=O) groups excluding carboxylic acids is 2. The largest absolute Gasteiger partial charge is 0.427 e. The molecule has 0 bridgehead atoms. The van der Waals surface area contributed by atoms with Crippen LogP contribution in [0.3, 0.4) is 0 Å². The number of rotatable bonds is 5. The first-order valence-corrected chi connectivity index (χ1v) is 7.98. The predicted octanol–water partition coefficient (Wildman–Crippen LogP) is 4.56. The molecule has 126 valence electrons. The van der Waals surface area contributed by atoms with Crippen LogP contribution in [0, 0.1) is 20.8 Å². The summed E-state index contributed by atoms with van der Waals surface area (Å²) in [5.74, 6) is -0.0333. The van der Waals surface area contributed by atoms with Crippen LogP contribution in [0.25, 0.3) is 0 Å². The molecule has 0 aliphatic carbocycles. The lowest BCUT2D eigenvalue weighted by atomic mass is 10.1. The topological polar surface area (TPSA) is 52.6 Å². The number of hydrogen-bond donors (Lipinski definition) is 0. The van der Waals surface area contributed by atoms with Crippen LogP contribution in [0.4, 0.5) is 0 Å². The van der Waals surface area contributed by atoms with E-state index >= 15 is 0 Å². The second-order valence-electron chi connectivity index (χ2n) is 5.56. The molecule has 0 fully saturated rings. The van der Waals surface area contributed by atoms with Gasteiger partial charge in [-0.2, -0.15) is 0 Å². The van der Waals surface area contributed by atoms with E-state index in [-0.39, 0.29) is 12.8 Å². The summed E-state index contributed by atoms with van der Waals surface area (Å²) in [7, 11) is 0. The average molecular weight is 347 g/mol. The Morgan fingerprint density at radius 1 is 0.917 bits per heavy atom. The first-order chi connectivity index (χ1) is 11.4. The fraction of sp³-hybridized carbons (Fsp3) is 0.263. The van der Waals surface area contributed by atoms with Crippen LogP contribution in [0.15, 0.2) is 36.4 Å². The summed E-state index contributed by atoms with van der Waals surface area (Å²) in [5, 5.41) is 0.604. The van der Waals surface area contributed by atoms with Crippen LogP contribution in [0.2, 0.25) is 5.02 Å². The summed E-state index contributed by atoms with van der Waals surface area (Å²) < 4.78 is 10.5. The van der Waals surface area contributed by atoms with Gasteiger partial charge in [0.15, 0.2) is 0 Å². The summed E-state index contributed by atoms with van der Waals surface area (Å²) in [6, 6.07) is 10.4. The van der Waals surface area contributed by atoms with Gasteiger partial charge in [0.05, 0.1) is 12.8 Å². The van der Waals surface area contributed by atoms with Crippen molar-refractivity contribution in [2.75, 3.05) is 0 Å². The molecule has 2 aromatic carbocycles. The first kappa shape index (κ1) is 18.0. The Morgan fingerprint density at radius 3 is 2.25 bits per heavy atom. The van der Waals surface area contributed by atoms with Gasteiger partial charge >= 0.3 is 11.9 Å². The van der Waals surface area contributed by atoms with Crippen LogP contribution >= 0.6 is 11.6 Å². The van der Waals surface area contributed by atoms with E-state index in [9.17, 15) is 9.59 Å². The molecule has 0 amide bonds. The Balaban J connectivity index is 1.86. The van der Waals surface area contributed by atoms with E-state index in [0.717, 1.165) is 16.7 Å². The molecule has 0 unspecified atom stereocenters. The minimum Gasteiger partial charge on any atom is -0.427 e. The Labute approximate surface area is 146 Å². The molecule has 0 N–H and O–H groups in total. The Morgan fingerprint density at radius 2 is 1.58 bits per heavy atom. The molecule has 0 atom stereocenters. The Bertz CT molecular complexity index is 768. The zero-order valence-electron chi connectivity index (χ0n) is 13.9. The van der Waals surface area contributed by atoms with Crippen molar-refractivity contribution < 1.29 is 19.1 Å². The van der Waals surface area contributed by atoms with Crippen molar-refractivity contribution in [1.82, 2.24) is 0 Å². The number of benzene rings is 2. The van der Waals surface area contributed by atoms with Crippen molar-refractivity contribution in [1.29, 1.82) is 0 Å². The maximum atomic E-state index is 11.9. The van der Waals surface area contributed by atoms with E-state index < -0.39 is 11.9 Å². The van der Waals surface area contributed by atoms with Crippen LogP contribution < -0.4 is 9.47 Å². The van der Waals surface area contributed by atoms with Gasteiger partial charge in [-0.15, -0.1) is 0 Å². The highest BCUT2D eigenvalue weighted by molar-refractivity contribution is 6.31. The zero-order valence-corrected chi connectivity index (χ0v) is 14.6. The van der Waals surface area contributed by atoms with Crippen molar-refractivity contribution >= 4 is 23.5 Å². The number of aryl methyl sites for hydroxylation is 2. The molecule has 0 aliphatic rings. The monoisotopic (exact) mass is 346 g/mol. The lowest BCUT2D eigenvalue weighted by Crippen LogP contribution is -2.14. The fourth-order valence-electron chi connectivity index (χ4n) is 2.08. The van der Waals surface area contributed by atoms with Crippen molar-refractivity contribution in [3.05, 3.63) is 58.1 Å². The molecule has 5 heteroatoms. The molecular weight excluding hydrogens is 328 g/mol. The smallest absolute Gasteiger partial charge is 0.311 e. The molecule has 0 saturated heterocycles. The third-order valence-corrected chi connectivity index (χ3v) is 4.10. The maximum Gasteiger partial charge on any atom is 0.311 e. The Hall–Kier alpha value is -2.33. The first-order valence-electron chi connectivity index (χ1n) is 7.60. The van der Waals surface area contributed by atoms with Gasteiger partial charge in [0, 0.05) is 5.02 Å². The molecule has 2 aromatic rings. The summed E-state index contributed by atoms with van der Waals surface area (Å²) >= 11 is 5.92. The summed E-state index contributed by atoms with van der Waals surface area (Å²) in [6.45, 7) is 5.65. The molecule has 0 aromatic heterocycles. The van der Waals surface area contributed by atoms with E-state index in [2.05, 4.69) is 0 Å². The highest BCUT2D eigenvalue weighted by Crippen LogP contribution is 2.22. The van der Waals surface area contributed by atoms with Gasteiger partial charge in [0.1, 0.15) is 11.5 Å². The SMILES string of the molecule is Cc1cc(OC(=O)CCC(=O)Oc2cccc(C)c2C)ccc1Cl. The molecule has 0 saturated carbocycles. The van der Waals surface area contributed by atoms with Gasteiger partial charge in [-0.3, -0.25) is 9.59 Å². The second kappa shape index (κ2) is 7.97. The van der Waals surface area contributed by atoms with E-state index in [1.807, 2.05) is 32.9 Å². The molecular formula is C19H19ClO4. The van der Waals surface area contributed by atoms with Crippen LogP contribution in [0.5, 0.6) is 11.5 Å². The molecule has 0 spiro atoms. The average Bonchev–Trinajstić information content (AvgIpc) is 2.53. The van der Waals surface area contributed by atoms with Crippen LogP contribution in [-0.4, -0.2) is 11.9 Å². The van der Waals surface area contributed by atoms with Gasteiger partial charge in [-0.25, -0.2) is 0 Å². The summed E-state index contributed by atoms with van der Waals surface area (Å²) in [4.78, 5) is 23.7. The third-order valence-electron chi connectivity index (χ3n) is 3.67. The minimum absolute atomic E-state index is 0.0429. The number of halogens is 1. The molecule has 24 heavy (non-hydrogen) atoms. The number of carbonyl (C=O) groups is 2. The van der Waals surface area contributed by atoms with E-state index in [0.29, 0.717) is 16.5 Å². The summed E-state index contributed by atoms with van der Waals surface area (Å²) in [6.07, 6.45) is -0.0931. The molecule has 0 heterocycles. The van der Waals surface area contributed by atoms with Gasteiger partial charge < -0.3 is 9.47 Å². The zero-order chi connectivity index (χ0) is 17.7. The van der Waals surface area contributed by atoms with E-state index in [1.165, 1.54) is 0 Å². The summed E-state index contributed by atoms with van der Waals surface area (Å²) in [5.41, 5.74) is 2.76. The highest BCUT2D eigenvalue weighted by atomic mass is 35.5. The van der Waals surface area contributed by atoms with Gasteiger partial charge in [-0.1, -0.05) is 23.7 Å². The maximum absolute atomic E-state index is 11.9. The fourth-order valence-corrected chi connectivity index (χ4v) is 2.19. The quantitative estimate of drug-likeness (QED) is 0.588. The number of ether oxygens (including phenoxy) is 2. The van der Waals surface area contributed by atoms with Crippen molar-refractivity contribution in [3.63, 3.8) is 0 Å². The standard InChI is InChI=1S/C19H19ClO4/c1-12-5-4-6-17(14(12)3)24-19(22)10-9-18(21)23-15-7-8-16(20)13(2)11-15/h4-8,11H,9-10H2,1-3H3. The van der Waals surface area contributed by atoms with Crippen molar-refractivity contribution in [3.8, 4) is 11.5 Å². The van der Waals surface area contributed by atoms with Gasteiger partial charge in [0.25, 0.3) is 0 Å². The highest BCUT2D eigenvalue weighted by Gasteiger charge is 2.13. The number of hydrogen-bond acceptors (Lipinski definition) is 4. The van der Waals surface area contributed by atoms with Crippen LogP contribution in [-0.2, 0) is 9.59 Å². The molecule has 2 rings (SSSR count). The number of esters is 2. The lowest BCUT2D eigenvalue weighted by Gasteiger charge is -2.09. The molecule has 4 nitrogen and oxygen atoms in total. The molecule has 0 radical (unpaired) electrons. The van der Waals surface area contributed by atoms with Gasteiger partial charge in [-0.05, 0) is 61.7 Å². The minimum atomic E-state index is -0.491. The van der Waals surface area contributed by atoms with E-state index in [4.69, 9.17) is 21.1 Å². The van der Waals surface area contributed by atoms with E-state index in [1.54, 1.807) is 24.3 Å². The van der Waals surface area contributed by atoms with Crippen LogP contribution in [0.1, 0.15) is 29.5 Å². The normalized spacial score (nSPS) is 10.3. The predicted molar refractivity (Wildman–Crippen MR) is 92.6 cm³/mol.